The first-order valence-corrected chi connectivity index (χ1v) is 15.3. The molecule has 13 nitrogen and oxygen atoms in total. The van der Waals surface area contributed by atoms with Crippen molar-refractivity contribution < 1.29 is 32.2 Å². The number of methoxy groups -OCH3 is 1. The van der Waals surface area contributed by atoms with E-state index in [-0.39, 0.29) is 42.2 Å². The minimum atomic E-state index is -4.13. The number of benzene rings is 2. The summed E-state index contributed by atoms with van der Waals surface area (Å²) in [5, 5.41) is 3.52. The van der Waals surface area contributed by atoms with Gasteiger partial charge in [-0.05, 0) is 48.0 Å². The number of nitrogens with one attached hydrogen (secondary N) is 2. The highest BCUT2D eigenvalue weighted by Gasteiger charge is 2.24. The highest BCUT2D eigenvalue weighted by atomic mass is 32.2. The van der Waals surface area contributed by atoms with E-state index in [4.69, 9.17) is 18.9 Å². The Kier molecular flexibility index (Phi) is 10.3. The topological polar surface area (TPSA) is 164 Å². The number of aromatic nitrogens is 4. The predicted octanol–water partition coefficient (Wildman–Crippen LogP) is 5.77. The second kappa shape index (κ2) is 15.1. The summed E-state index contributed by atoms with van der Waals surface area (Å²) >= 11 is 0. The third-order valence-corrected chi connectivity index (χ3v) is 6.95. The number of sulfonamides is 1. The Labute approximate surface area is 265 Å². The minimum Gasteiger partial charge on any atom is -0.493 e. The van der Waals surface area contributed by atoms with Gasteiger partial charge in [-0.15, -0.1) is 0 Å². The van der Waals surface area contributed by atoms with Gasteiger partial charge < -0.3 is 18.9 Å². The van der Waals surface area contributed by atoms with E-state index < -0.39 is 16.1 Å². The number of nitrogens with zero attached hydrogens (tertiary/aromatic N) is 4. The van der Waals surface area contributed by atoms with Gasteiger partial charge in [0.05, 0.1) is 12.5 Å². The van der Waals surface area contributed by atoms with E-state index >= 15 is 0 Å². The van der Waals surface area contributed by atoms with Crippen LogP contribution in [0.4, 0.5) is 16.4 Å². The molecule has 0 fully saturated rings. The molecule has 0 spiro atoms. The molecule has 0 radical (unpaired) electrons. The lowest BCUT2D eigenvalue weighted by Gasteiger charge is -2.18. The molecule has 3 aromatic heterocycles. The molecule has 14 heteroatoms. The van der Waals surface area contributed by atoms with E-state index in [1.54, 1.807) is 91.3 Å². The van der Waals surface area contributed by atoms with Gasteiger partial charge >= 0.3 is 6.09 Å². The normalized spacial score (nSPS) is 11.1. The van der Waals surface area contributed by atoms with Crippen molar-refractivity contribution in [1.82, 2.24) is 19.9 Å². The fourth-order valence-electron chi connectivity index (χ4n) is 3.88. The zero-order chi connectivity index (χ0) is 32.2. The van der Waals surface area contributed by atoms with Crippen LogP contribution in [0.1, 0.15) is 5.56 Å². The lowest BCUT2D eigenvalue weighted by Crippen LogP contribution is -2.19. The third kappa shape index (κ3) is 8.76. The largest absolute Gasteiger partial charge is 0.493 e. The van der Waals surface area contributed by atoms with Crippen LogP contribution in [0.5, 0.6) is 23.1 Å². The second-order valence-electron chi connectivity index (χ2n) is 9.20. The first kappa shape index (κ1) is 31.4. The number of carbonyl (C=O) groups is 1. The maximum absolute atomic E-state index is 13.3. The fraction of sp³-hybridized carbons (Fsp3) is 0.0938. The van der Waals surface area contributed by atoms with Crippen LogP contribution >= 0.6 is 0 Å². The molecular formula is C32H28N6O7S. The van der Waals surface area contributed by atoms with Gasteiger partial charge in [-0.25, -0.2) is 23.2 Å². The maximum Gasteiger partial charge on any atom is 0.412 e. The molecule has 0 aliphatic rings. The molecule has 0 saturated heterocycles. The van der Waals surface area contributed by atoms with E-state index in [0.717, 1.165) is 5.41 Å². The van der Waals surface area contributed by atoms with Crippen molar-refractivity contribution in [3.8, 4) is 34.5 Å². The number of hydrogen-bond acceptors (Lipinski definition) is 11. The summed E-state index contributed by atoms with van der Waals surface area (Å²) < 4.78 is 51.8. The van der Waals surface area contributed by atoms with Crippen LogP contribution in [0.2, 0.25) is 0 Å². The molecule has 0 atom stereocenters. The lowest BCUT2D eigenvalue weighted by atomic mass is 10.2. The zero-order valence-corrected chi connectivity index (χ0v) is 25.3. The predicted molar refractivity (Wildman–Crippen MR) is 171 cm³/mol. The molecule has 0 saturated carbocycles. The molecule has 0 aliphatic carbocycles. The molecular weight excluding hydrogens is 612 g/mol. The van der Waals surface area contributed by atoms with Crippen LogP contribution in [0.3, 0.4) is 0 Å². The van der Waals surface area contributed by atoms with E-state index in [1.165, 1.54) is 19.4 Å². The van der Waals surface area contributed by atoms with Crippen molar-refractivity contribution in [2.75, 3.05) is 30.4 Å². The average molecular weight is 641 g/mol. The molecule has 234 valence electrons. The van der Waals surface area contributed by atoms with Gasteiger partial charge in [-0.2, -0.15) is 4.98 Å². The van der Waals surface area contributed by atoms with Crippen LogP contribution in [-0.4, -0.2) is 54.8 Å². The summed E-state index contributed by atoms with van der Waals surface area (Å²) in [6.07, 6.45) is 5.31. The summed E-state index contributed by atoms with van der Waals surface area (Å²) in [4.78, 5) is 29.3. The number of anilines is 2. The highest BCUT2D eigenvalue weighted by Crippen LogP contribution is 2.41. The minimum absolute atomic E-state index is 0.114. The number of pyridine rings is 2. The Morgan fingerprint density at radius 1 is 0.848 bits per heavy atom. The Balaban J connectivity index is 1.47. The smallest absolute Gasteiger partial charge is 0.412 e. The van der Waals surface area contributed by atoms with Crippen LogP contribution in [-0.2, 0) is 14.8 Å². The summed E-state index contributed by atoms with van der Waals surface area (Å²) in [7, 11) is -2.66. The number of hydrogen-bond donors (Lipinski definition) is 2. The Bertz CT molecular complexity index is 1900. The molecule has 2 aromatic carbocycles. The summed E-state index contributed by atoms with van der Waals surface area (Å²) in [5.74, 6) is 0.526. The Morgan fingerprint density at radius 3 is 2.33 bits per heavy atom. The summed E-state index contributed by atoms with van der Waals surface area (Å²) in [5.41, 5.74) is 1.20. The SMILES string of the molecule is COc1ccccc1Oc1c(NS(=O)(=O)/C=C/c2ccccc2)nc(-c2ccncc2)nc1OCCOC(=O)Nc1ccccn1. The first-order valence-electron chi connectivity index (χ1n) is 13.8. The van der Waals surface area contributed by atoms with Crippen LogP contribution in [0, 0.1) is 0 Å². The molecule has 0 aliphatic heterocycles. The van der Waals surface area contributed by atoms with Gasteiger partial charge in [-0.3, -0.25) is 15.0 Å². The van der Waals surface area contributed by atoms with Crippen molar-refractivity contribution in [2.24, 2.45) is 0 Å². The van der Waals surface area contributed by atoms with E-state index in [9.17, 15) is 13.2 Å². The molecule has 5 rings (SSSR count). The quantitative estimate of drug-likeness (QED) is 0.150. The van der Waals surface area contributed by atoms with Crippen molar-refractivity contribution >= 4 is 33.8 Å². The van der Waals surface area contributed by atoms with Crippen molar-refractivity contribution in [3.05, 3.63) is 114 Å². The molecule has 0 bridgehead atoms. The van der Waals surface area contributed by atoms with Crippen LogP contribution in [0.15, 0.2) is 109 Å². The average Bonchev–Trinajstić information content (AvgIpc) is 3.08. The highest BCUT2D eigenvalue weighted by molar-refractivity contribution is 7.95. The summed E-state index contributed by atoms with van der Waals surface area (Å²) in [6.45, 7) is -0.368. The second-order valence-corrected chi connectivity index (χ2v) is 10.8. The van der Waals surface area contributed by atoms with Crippen molar-refractivity contribution in [3.63, 3.8) is 0 Å². The molecule has 2 N–H and O–H groups in total. The molecule has 1 amide bonds. The van der Waals surface area contributed by atoms with Gasteiger partial charge in [0.25, 0.3) is 15.9 Å². The van der Waals surface area contributed by atoms with Gasteiger partial charge in [0.1, 0.15) is 19.0 Å². The summed E-state index contributed by atoms with van der Waals surface area (Å²) in [6, 6.07) is 24.0. The van der Waals surface area contributed by atoms with Crippen molar-refractivity contribution in [1.29, 1.82) is 0 Å². The maximum atomic E-state index is 13.3. The number of ether oxygens (including phenoxy) is 4. The molecule has 0 unspecified atom stereocenters. The standard InChI is InChI=1S/C32H28N6O7S/c1-42-25-11-5-6-12-26(25)45-28-30(38-46(40,41)22-16-23-9-3-2-4-10-23)36-29(24-14-18-33-19-15-24)37-31(28)43-20-21-44-32(39)35-27-13-7-8-17-34-27/h2-19,22H,20-21H2,1H3,(H,34,35,39)(H,36,37,38)/b22-16+. The monoisotopic (exact) mass is 640 g/mol. The number of para-hydroxylation sites is 2. The zero-order valence-electron chi connectivity index (χ0n) is 24.4. The van der Waals surface area contributed by atoms with Crippen LogP contribution in [0.25, 0.3) is 17.5 Å². The van der Waals surface area contributed by atoms with Gasteiger partial charge in [0.15, 0.2) is 23.1 Å². The van der Waals surface area contributed by atoms with E-state index in [0.29, 0.717) is 22.7 Å². The number of rotatable bonds is 13. The third-order valence-electron chi connectivity index (χ3n) is 5.98. The van der Waals surface area contributed by atoms with Crippen molar-refractivity contribution in [2.45, 2.75) is 0 Å². The van der Waals surface area contributed by atoms with Gasteiger partial charge in [0.2, 0.25) is 5.75 Å². The molecule has 5 aromatic rings. The van der Waals surface area contributed by atoms with Crippen LogP contribution < -0.4 is 24.2 Å². The van der Waals surface area contributed by atoms with Gasteiger partial charge in [0, 0.05) is 24.2 Å². The van der Waals surface area contributed by atoms with E-state index in [2.05, 4.69) is 30.0 Å². The molecule has 3 heterocycles. The Morgan fingerprint density at radius 2 is 1.59 bits per heavy atom. The fourth-order valence-corrected chi connectivity index (χ4v) is 4.70. The van der Waals surface area contributed by atoms with E-state index in [1.807, 2.05) is 6.07 Å². The lowest BCUT2D eigenvalue weighted by molar-refractivity contribution is 0.135. The first-order chi connectivity index (χ1) is 22.4. The number of carbonyl (C=O) groups excluding carboxylic acids is 1. The van der Waals surface area contributed by atoms with Gasteiger partial charge in [-0.1, -0.05) is 48.5 Å². The number of amides is 1. The molecule has 46 heavy (non-hydrogen) atoms. The Hall–Kier alpha value is -6.02.